The van der Waals surface area contributed by atoms with Crippen LogP contribution in [0.4, 0.5) is 0 Å². The summed E-state index contributed by atoms with van der Waals surface area (Å²) in [6, 6.07) is 24.9. The van der Waals surface area contributed by atoms with Gasteiger partial charge in [-0.1, -0.05) is 115 Å². The van der Waals surface area contributed by atoms with Gasteiger partial charge in [-0.25, -0.2) is 9.97 Å². The molecule has 0 saturated carbocycles. The number of fused-ring (bicyclic) bond motifs is 1. The summed E-state index contributed by atoms with van der Waals surface area (Å²) >= 11 is 0. The molecular weight excluding hydrogens is 516 g/mol. The van der Waals surface area contributed by atoms with Crippen molar-refractivity contribution in [2.45, 2.75) is 104 Å². The summed E-state index contributed by atoms with van der Waals surface area (Å²) in [5.41, 5.74) is 5.08. The minimum atomic E-state index is 0.749. The van der Waals surface area contributed by atoms with E-state index in [2.05, 4.69) is 74.5 Å². The summed E-state index contributed by atoms with van der Waals surface area (Å²) in [5.74, 6) is 2.59. The van der Waals surface area contributed by atoms with Crippen LogP contribution >= 0.6 is 0 Å². The highest BCUT2D eigenvalue weighted by Gasteiger charge is 2.12. The van der Waals surface area contributed by atoms with Crippen molar-refractivity contribution in [3.05, 3.63) is 72.8 Å². The van der Waals surface area contributed by atoms with Gasteiger partial charge in [-0.05, 0) is 72.5 Å². The zero-order chi connectivity index (χ0) is 29.2. The molecule has 0 spiro atoms. The van der Waals surface area contributed by atoms with E-state index in [9.17, 15) is 0 Å². The number of benzene rings is 2. The largest absolute Gasteiger partial charge is 0.494 e. The van der Waals surface area contributed by atoms with Gasteiger partial charge in [0, 0.05) is 5.56 Å². The van der Waals surface area contributed by atoms with Crippen LogP contribution in [-0.4, -0.2) is 23.2 Å². The summed E-state index contributed by atoms with van der Waals surface area (Å²) in [4.78, 5) is 9.63. The Kier molecular flexibility index (Phi) is 13.7. The highest BCUT2D eigenvalue weighted by atomic mass is 16.5. The molecule has 0 unspecified atom stereocenters. The van der Waals surface area contributed by atoms with E-state index in [1.807, 2.05) is 12.1 Å². The Morgan fingerprint density at radius 1 is 0.405 bits per heavy atom. The summed E-state index contributed by atoms with van der Waals surface area (Å²) in [5, 5.41) is 0. The predicted octanol–water partition coefficient (Wildman–Crippen LogP) is 11.2. The summed E-state index contributed by atoms with van der Waals surface area (Å²) in [6.07, 6.45) is 18.1. The molecule has 42 heavy (non-hydrogen) atoms. The first-order valence-electron chi connectivity index (χ1n) is 16.5. The number of hydrogen-bond acceptors (Lipinski definition) is 4. The third kappa shape index (κ3) is 10.5. The maximum absolute atomic E-state index is 5.97. The van der Waals surface area contributed by atoms with E-state index in [-0.39, 0.29) is 0 Å². The second kappa shape index (κ2) is 18.2. The van der Waals surface area contributed by atoms with E-state index in [1.54, 1.807) is 0 Å². The molecule has 2 aromatic rings. The Hall–Kier alpha value is -3.40. The molecule has 0 saturated heterocycles. The monoisotopic (exact) mass is 566 g/mol. The van der Waals surface area contributed by atoms with Crippen molar-refractivity contribution in [2.75, 3.05) is 13.2 Å². The Morgan fingerprint density at radius 2 is 0.762 bits per heavy atom. The minimum Gasteiger partial charge on any atom is -0.494 e. The topological polar surface area (TPSA) is 44.2 Å². The van der Waals surface area contributed by atoms with Crippen LogP contribution in [0.1, 0.15) is 104 Å². The number of nitrogens with zero attached hydrogens (tertiary/aromatic N) is 2. The standard InChI is InChI=1S/C38H50N2O2/c1-3-5-7-9-11-12-14-16-30-42-35-25-19-33(20-26-35)38-39-36-27-21-32(22-28-37(36)40-38)31-17-23-34(24-18-31)41-29-15-13-10-8-6-4-2/h17-28H,3-16,29-30H2,1-2H3. The molecule has 224 valence electrons. The Balaban J connectivity index is 1.24. The van der Waals surface area contributed by atoms with Crippen LogP contribution in [-0.2, 0) is 0 Å². The van der Waals surface area contributed by atoms with Gasteiger partial charge in [0.25, 0.3) is 0 Å². The maximum atomic E-state index is 5.97. The first-order chi connectivity index (χ1) is 20.8. The molecule has 4 heteroatoms. The van der Waals surface area contributed by atoms with Gasteiger partial charge in [0.05, 0.1) is 24.6 Å². The van der Waals surface area contributed by atoms with Gasteiger partial charge < -0.3 is 9.47 Å². The molecule has 2 aromatic carbocycles. The Labute approximate surface area is 254 Å². The van der Waals surface area contributed by atoms with Crippen LogP contribution in [0.2, 0.25) is 0 Å². The van der Waals surface area contributed by atoms with E-state index in [1.165, 1.54) is 77.0 Å². The van der Waals surface area contributed by atoms with Crippen molar-refractivity contribution in [2.24, 2.45) is 0 Å². The number of aromatic nitrogens is 2. The first-order valence-corrected chi connectivity index (χ1v) is 16.5. The number of imidazole rings is 1. The molecule has 4 nitrogen and oxygen atoms in total. The van der Waals surface area contributed by atoms with Crippen LogP contribution in [0.15, 0.2) is 72.8 Å². The lowest BCUT2D eigenvalue weighted by Gasteiger charge is -2.07. The van der Waals surface area contributed by atoms with Crippen LogP contribution in [0.5, 0.6) is 11.5 Å². The molecule has 0 fully saturated rings. The van der Waals surface area contributed by atoms with E-state index in [4.69, 9.17) is 19.4 Å². The third-order valence-corrected chi connectivity index (χ3v) is 7.89. The van der Waals surface area contributed by atoms with Crippen molar-refractivity contribution in [1.29, 1.82) is 0 Å². The maximum Gasteiger partial charge on any atom is 0.160 e. The van der Waals surface area contributed by atoms with Gasteiger partial charge >= 0.3 is 0 Å². The van der Waals surface area contributed by atoms with Gasteiger partial charge in [-0.2, -0.15) is 0 Å². The Morgan fingerprint density at radius 3 is 1.19 bits per heavy atom. The zero-order valence-corrected chi connectivity index (χ0v) is 26.0. The summed E-state index contributed by atoms with van der Waals surface area (Å²) in [7, 11) is 0. The van der Waals surface area contributed by atoms with Gasteiger partial charge in [-0.3, -0.25) is 0 Å². The fourth-order valence-electron chi connectivity index (χ4n) is 5.27. The molecule has 0 amide bonds. The molecule has 4 rings (SSSR count). The summed E-state index contributed by atoms with van der Waals surface area (Å²) < 4.78 is 11.9. The van der Waals surface area contributed by atoms with Crippen molar-refractivity contribution in [3.8, 4) is 45.4 Å². The van der Waals surface area contributed by atoms with E-state index >= 15 is 0 Å². The van der Waals surface area contributed by atoms with E-state index in [0.29, 0.717) is 0 Å². The number of hydrogen-bond donors (Lipinski definition) is 0. The fraction of sp³-hybridized carbons (Fsp3) is 0.474. The lowest BCUT2D eigenvalue weighted by molar-refractivity contribution is 0.304. The average Bonchev–Trinajstić information content (AvgIpc) is 3.33. The van der Waals surface area contributed by atoms with Gasteiger partial charge in [0.15, 0.2) is 5.82 Å². The molecule has 1 aliphatic heterocycles. The lowest BCUT2D eigenvalue weighted by Crippen LogP contribution is -1.97. The Bertz CT molecular complexity index is 1220. The van der Waals surface area contributed by atoms with Crippen molar-refractivity contribution >= 4 is 0 Å². The van der Waals surface area contributed by atoms with Crippen LogP contribution in [0, 0.1) is 0 Å². The van der Waals surface area contributed by atoms with E-state index in [0.717, 1.165) is 71.5 Å². The normalized spacial score (nSPS) is 11.2. The molecule has 1 heterocycles. The van der Waals surface area contributed by atoms with E-state index < -0.39 is 0 Å². The molecule has 0 bridgehead atoms. The molecule has 0 atom stereocenters. The molecule has 2 aliphatic rings. The highest BCUT2D eigenvalue weighted by Crippen LogP contribution is 2.29. The molecular formula is C38H50N2O2. The number of unbranched alkanes of at least 4 members (excludes halogenated alkanes) is 12. The van der Waals surface area contributed by atoms with Crippen molar-refractivity contribution in [1.82, 2.24) is 9.97 Å². The van der Waals surface area contributed by atoms with Crippen molar-refractivity contribution in [3.63, 3.8) is 0 Å². The predicted molar refractivity (Wildman–Crippen MR) is 177 cm³/mol. The molecule has 0 radical (unpaired) electrons. The smallest absolute Gasteiger partial charge is 0.160 e. The number of rotatable bonds is 20. The highest BCUT2D eigenvalue weighted by molar-refractivity contribution is 5.70. The summed E-state index contributed by atoms with van der Waals surface area (Å²) in [6.45, 7) is 6.08. The average molecular weight is 567 g/mol. The van der Waals surface area contributed by atoms with Gasteiger partial charge in [0.1, 0.15) is 11.5 Å². The molecule has 0 aromatic heterocycles. The number of ether oxygens (including phenoxy) is 2. The van der Waals surface area contributed by atoms with Crippen LogP contribution in [0.25, 0.3) is 33.9 Å². The lowest BCUT2D eigenvalue weighted by atomic mass is 10.1. The minimum absolute atomic E-state index is 0.749. The molecule has 1 aliphatic carbocycles. The quantitative estimate of drug-likeness (QED) is 0.0998. The second-order valence-electron chi connectivity index (χ2n) is 11.4. The SMILES string of the molecule is CCCCCCCCCCOc1ccc(-c2nc3ccc(-c4ccc(OCCCCCCCC)cc4)ccc-3n2)cc1. The van der Waals surface area contributed by atoms with Crippen LogP contribution in [0.3, 0.4) is 0 Å². The van der Waals surface area contributed by atoms with Gasteiger partial charge in [-0.15, -0.1) is 0 Å². The zero-order valence-electron chi connectivity index (χ0n) is 26.0. The molecule has 0 N–H and O–H groups in total. The fourth-order valence-corrected chi connectivity index (χ4v) is 5.27. The first kappa shape index (κ1) is 31.5. The third-order valence-electron chi connectivity index (χ3n) is 7.89. The second-order valence-corrected chi connectivity index (χ2v) is 11.4. The van der Waals surface area contributed by atoms with Crippen molar-refractivity contribution < 1.29 is 9.47 Å². The van der Waals surface area contributed by atoms with Crippen LogP contribution < -0.4 is 9.47 Å². The van der Waals surface area contributed by atoms with Gasteiger partial charge in [0.2, 0.25) is 0 Å².